The van der Waals surface area contributed by atoms with Crippen molar-refractivity contribution in [2.75, 3.05) is 38.8 Å². The number of pyridine rings is 1. The van der Waals surface area contributed by atoms with Crippen molar-refractivity contribution < 1.29 is 27.2 Å². The summed E-state index contributed by atoms with van der Waals surface area (Å²) in [5.41, 5.74) is 5.63. The van der Waals surface area contributed by atoms with Gasteiger partial charge >= 0.3 is 6.01 Å². The second-order valence-electron chi connectivity index (χ2n) is 6.62. The molecule has 0 saturated carbocycles. The number of hydrogen-bond acceptors (Lipinski definition) is 10. The molecule has 1 aliphatic rings. The summed E-state index contributed by atoms with van der Waals surface area (Å²) in [5, 5.41) is 3.82. The quantitative estimate of drug-likeness (QED) is 0.487. The Morgan fingerprint density at radius 2 is 1.91 bits per heavy atom. The van der Waals surface area contributed by atoms with Crippen molar-refractivity contribution in [1.29, 1.82) is 0 Å². The van der Waals surface area contributed by atoms with Crippen molar-refractivity contribution in [2.45, 2.75) is 4.90 Å². The van der Waals surface area contributed by atoms with Crippen LogP contribution in [0.1, 0.15) is 10.4 Å². The molecular formula is C19H20N6O6S. The van der Waals surface area contributed by atoms with E-state index in [0.29, 0.717) is 24.6 Å². The molecule has 13 heteroatoms. The van der Waals surface area contributed by atoms with Gasteiger partial charge in [0.1, 0.15) is 5.75 Å². The highest BCUT2D eigenvalue weighted by Gasteiger charge is 2.28. The van der Waals surface area contributed by atoms with Crippen molar-refractivity contribution in [3.63, 3.8) is 0 Å². The van der Waals surface area contributed by atoms with Gasteiger partial charge < -0.3 is 14.0 Å². The van der Waals surface area contributed by atoms with Crippen LogP contribution in [-0.2, 0) is 14.8 Å². The van der Waals surface area contributed by atoms with Gasteiger partial charge in [-0.15, -0.1) is 0 Å². The molecule has 32 heavy (non-hydrogen) atoms. The Bertz CT molecular complexity index is 1190. The summed E-state index contributed by atoms with van der Waals surface area (Å²) in [6.07, 6.45) is 3.18. The maximum atomic E-state index is 12.9. The van der Waals surface area contributed by atoms with Gasteiger partial charge in [-0.05, 0) is 30.3 Å². The number of anilines is 1. The molecule has 0 atom stereocenters. The molecule has 0 radical (unpaired) electrons. The van der Waals surface area contributed by atoms with Gasteiger partial charge in [0.15, 0.2) is 0 Å². The first kappa shape index (κ1) is 21.7. The number of amides is 1. The molecule has 3 aromatic rings. The van der Waals surface area contributed by atoms with Crippen LogP contribution in [0.15, 0.2) is 52.1 Å². The number of hydrazine groups is 1. The third-order valence-electron chi connectivity index (χ3n) is 4.67. The first-order chi connectivity index (χ1) is 15.5. The van der Waals surface area contributed by atoms with Crippen LogP contribution >= 0.6 is 0 Å². The molecule has 0 spiro atoms. The number of benzene rings is 1. The molecule has 1 saturated heterocycles. The normalized spacial score (nSPS) is 14.7. The van der Waals surface area contributed by atoms with Crippen LogP contribution in [0, 0.1) is 0 Å². The van der Waals surface area contributed by atoms with Gasteiger partial charge in [-0.3, -0.25) is 15.2 Å². The molecule has 3 heterocycles. The van der Waals surface area contributed by atoms with E-state index in [1.54, 1.807) is 24.5 Å². The standard InChI is InChI=1S/C19H20N6O6S/c1-29-16-3-2-14(32(27,28)25-8-10-30-11-9-25)12-15(16)18(26)22-23-19-21-17(24-31-19)13-4-6-20-7-5-13/h2-7,12H,8-11H2,1H3,(H,22,26)(H,21,23,24). The molecule has 2 N–H and O–H groups in total. The third-order valence-corrected chi connectivity index (χ3v) is 6.57. The van der Waals surface area contributed by atoms with Crippen molar-refractivity contribution in [3.05, 3.63) is 48.3 Å². The molecule has 1 amide bonds. The maximum absolute atomic E-state index is 12.9. The smallest absolute Gasteiger partial charge is 0.340 e. The molecule has 2 aromatic heterocycles. The molecule has 1 aromatic carbocycles. The largest absolute Gasteiger partial charge is 0.496 e. The van der Waals surface area contributed by atoms with E-state index in [1.807, 2.05) is 0 Å². The van der Waals surface area contributed by atoms with Crippen molar-refractivity contribution in [2.24, 2.45) is 0 Å². The lowest BCUT2D eigenvalue weighted by Gasteiger charge is -2.26. The Morgan fingerprint density at radius 3 is 2.62 bits per heavy atom. The molecule has 0 unspecified atom stereocenters. The summed E-state index contributed by atoms with van der Waals surface area (Å²) >= 11 is 0. The number of carbonyl (C=O) groups is 1. The second-order valence-corrected chi connectivity index (χ2v) is 8.55. The highest BCUT2D eigenvalue weighted by Crippen LogP contribution is 2.25. The predicted octanol–water partition coefficient (Wildman–Crippen LogP) is 0.918. The van der Waals surface area contributed by atoms with Crippen LogP contribution in [0.3, 0.4) is 0 Å². The number of methoxy groups -OCH3 is 1. The topological polar surface area (TPSA) is 149 Å². The van der Waals surface area contributed by atoms with Crippen molar-refractivity contribution >= 4 is 21.9 Å². The molecule has 4 rings (SSSR count). The maximum Gasteiger partial charge on any atom is 0.340 e. The number of ether oxygens (including phenoxy) is 2. The number of sulfonamides is 1. The Morgan fingerprint density at radius 1 is 1.16 bits per heavy atom. The SMILES string of the molecule is COc1ccc(S(=O)(=O)N2CCOCC2)cc1C(=O)NNc1nc(-c2ccncc2)no1. The van der Waals surface area contributed by atoms with E-state index in [1.165, 1.54) is 29.6 Å². The number of morpholine rings is 1. The van der Waals surface area contributed by atoms with Crippen LogP contribution in [0.2, 0.25) is 0 Å². The average molecular weight is 460 g/mol. The fraction of sp³-hybridized carbons (Fsp3) is 0.263. The van der Waals surface area contributed by atoms with Gasteiger partial charge in [0.05, 0.1) is 30.8 Å². The van der Waals surface area contributed by atoms with E-state index >= 15 is 0 Å². The van der Waals surface area contributed by atoms with E-state index in [9.17, 15) is 13.2 Å². The minimum Gasteiger partial charge on any atom is -0.496 e. The highest BCUT2D eigenvalue weighted by atomic mass is 32.2. The molecule has 168 valence electrons. The zero-order valence-corrected chi connectivity index (χ0v) is 17.8. The zero-order valence-electron chi connectivity index (χ0n) is 17.0. The van der Waals surface area contributed by atoms with E-state index in [-0.39, 0.29) is 35.3 Å². The molecule has 0 bridgehead atoms. The number of carbonyl (C=O) groups excluding carboxylic acids is 1. The van der Waals surface area contributed by atoms with Crippen LogP contribution in [-0.4, -0.2) is 67.2 Å². The summed E-state index contributed by atoms with van der Waals surface area (Å²) in [6, 6.07) is 7.44. The van der Waals surface area contributed by atoms with Crippen LogP contribution in [0.4, 0.5) is 6.01 Å². The number of hydrogen-bond donors (Lipinski definition) is 2. The van der Waals surface area contributed by atoms with Gasteiger partial charge in [0, 0.05) is 31.0 Å². The molecular weight excluding hydrogens is 440 g/mol. The number of nitrogens with zero attached hydrogens (tertiary/aromatic N) is 4. The van der Waals surface area contributed by atoms with Gasteiger partial charge in [0.2, 0.25) is 15.8 Å². The van der Waals surface area contributed by atoms with Crippen molar-refractivity contribution in [1.82, 2.24) is 24.9 Å². The summed E-state index contributed by atoms with van der Waals surface area (Å²) in [5.74, 6) is -0.141. The highest BCUT2D eigenvalue weighted by molar-refractivity contribution is 7.89. The first-order valence-electron chi connectivity index (χ1n) is 9.55. The predicted molar refractivity (Wildman–Crippen MR) is 111 cm³/mol. The van der Waals surface area contributed by atoms with E-state index < -0.39 is 15.9 Å². The fourth-order valence-corrected chi connectivity index (χ4v) is 4.47. The van der Waals surface area contributed by atoms with Gasteiger partial charge in [-0.25, -0.2) is 13.8 Å². The summed E-state index contributed by atoms with van der Waals surface area (Å²) in [7, 11) is -2.40. The number of aromatic nitrogens is 3. The Hall–Kier alpha value is -3.55. The molecule has 0 aliphatic carbocycles. The second kappa shape index (κ2) is 9.30. The van der Waals surface area contributed by atoms with Crippen LogP contribution in [0.25, 0.3) is 11.4 Å². The summed E-state index contributed by atoms with van der Waals surface area (Å²) < 4.78 is 42.7. The summed E-state index contributed by atoms with van der Waals surface area (Å²) in [6.45, 7) is 1.12. The lowest BCUT2D eigenvalue weighted by molar-refractivity contribution is 0.0730. The average Bonchev–Trinajstić information content (AvgIpc) is 3.32. The van der Waals surface area contributed by atoms with Gasteiger partial charge in [0.25, 0.3) is 5.91 Å². The van der Waals surface area contributed by atoms with E-state index in [4.69, 9.17) is 14.0 Å². The van der Waals surface area contributed by atoms with Crippen LogP contribution < -0.4 is 15.6 Å². The molecule has 12 nitrogen and oxygen atoms in total. The minimum atomic E-state index is -3.79. The lowest BCUT2D eigenvalue weighted by Crippen LogP contribution is -2.40. The van der Waals surface area contributed by atoms with Gasteiger partial charge in [-0.1, -0.05) is 5.16 Å². The Labute approximate surface area is 183 Å². The van der Waals surface area contributed by atoms with E-state index in [2.05, 4.69) is 26.0 Å². The molecule has 1 fully saturated rings. The fourth-order valence-electron chi connectivity index (χ4n) is 3.03. The Kier molecular flexibility index (Phi) is 6.30. The first-order valence-corrected chi connectivity index (χ1v) is 11.0. The van der Waals surface area contributed by atoms with Gasteiger partial charge in [-0.2, -0.15) is 9.29 Å². The molecule has 1 aliphatic heterocycles. The van der Waals surface area contributed by atoms with E-state index in [0.717, 1.165) is 0 Å². The van der Waals surface area contributed by atoms with Crippen LogP contribution in [0.5, 0.6) is 5.75 Å². The minimum absolute atomic E-state index is 0.0169. The lowest BCUT2D eigenvalue weighted by atomic mass is 10.2. The third kappa shape index (κ3) is 4.54. The Balaban J connectivity index is 1.50. The monoisotopic (exact) mass is 460 g/mol. The number of nitrogens with one attached hydrogen (secondary N) is 2. The number of rotatable bonds is 7. The summed E-state index contributed by atoms with van der Waals surface area (Å²) in [4.78, 5) is 20.8. The van der Waals surface area contributed by atoms with Crippen molar-refractivity contribution in [3.8, 4) is 17.1 Å². The zero-order chi connectivity index (χ0) is 22.6.